The molecule has 1 unspecified atom stereocenters. The lowest BCUT2D eigenvalue weighted by Gasteiger charge is -2.29. The van der Waals surface area contributed by atoms with Gasteiger partial charge in [-0.25, -0.2) is 9.59 Å². The van der Waals surface area contributed by atoms with Crippen molar-refractivity contribution in [2.45, 2.75) is 32.1 Å². The predicted octanol–water partition coefficient (Wildman–Crippen LogP) is 6.41. The van der Waals surface area contributed by atoms with Crippen molar-refractivity contribution in [2.24, 2.45) is 5.92 Å². The predicted molar refractivity (Wildman–Crippen MR) is 143 cm³/mol. The molecule has 2 aromatic rings. The molecule has 0 N–H and O–H groups in total. The number of carbonyl (C=O) groups excluding carboxylic acids is 4. The highest BCUT2D eigenvalue weighted by Crippen LogP contribution is 2.47. The highest BCUT2D eigenvalue weighted by molar-refractivity contribution is 6.22. The molecule has 0 radical (unpaired) electrons. The molecule has 1 heterocycles. The van der Waals surface area contributed by atoms with E-state index in [1.807, 2.05) is 6.07 Å². The molecule has 190 valence electrons. The Bertz CT molecular complexity index is 1310. The van der Waals surface area contributed by atoms with E-state index in [0.717, 1.165) is 0 Å². The van der Waals surface area contributed by atoms with Gasteiger partial charge in [0.15, 0.2) is 11.6 Å². The highest BCUT2D eigenvalue weighted by atomic mass is 35.5. The summed E-state index contributed by atoms with van der Waals surface area (Å²) in [5.74, 6) is -1.95. The van der Waals surface area contributed by atoms with Gasteiger partial charge in [-0.15, -0.1) is 23.2 Å². The summed E-state index contributed by atoms with van der Waals surface area (Å²) in [6, 6.07) is 17.5. The van der Waals surface area contributed by atoms with Crippen molar-refractivity contribution in [3.05, 3.63) is 106 Å². The lowest BCUT2D eigenvalue weighted by molar-refractivity contribution is -0.151. The van der Waals surface area contributed by atoms with E-state index < -0.39 is 17.9 Å². The molecule has 0 saturated heterocycles. The van der Waals surface area contributed by atoms with E-state index in [2.05, 4.69) is 0 Å². The van der Waals surface area contributed by atoms with E-state index in [0.29, 0.717) is 59.7 Å². The molecular weight excluding hydrogens is 511 g/mol. The minimum atomic E-state index is -0.778. The third kappa shape index (κ3) is 5.68. The standard InChI is InChI=1S/C30H26Cl2O5/c31-16-8-7-14-22-25(28(34)20-12-5-2-6-13-20)23(18-24(33)19-10-3-1-4-11-19)21(15-9-17-32)26-27(22)30(36)37-29(26)35/h1-6,10-14,21H,7-9,15-18H2/b22-14-. The first-order valence-corrected chi connectivity index (χ1v) is 13.3. The maximum Gasteiger partial charge on any atom is 0.347 e. The topological polar surface area (TPSA) is 77.5 Å². The molecule has 0 saturated carbocycles. The Morgan fingerprint density at radius 1 is 0.838 bits per heavy atom. The monoisotopic (exact) mass is 536 g/mol. The van der Waals surface area contributed by atoms with E-state index in [1.165, 1.54) is 0 Å². The van der Waals surface area contributed by atoms with Crippen molar-refractivity contribution in [3.63, 3.8) is 0 Å². The number of allylic oxidation sites excluding steroid dienone is 3. The third-order valence-electron chi connectivity index (χ3n) is 6.53. The zero-order valence-corrected chi connectivity index (χ0v) is 21.7. The number of benzene rings is 2. The number of carbonyl (C=O) groups is 4. The number of unbranched alkanes of at least 4 members (excludes halogenated alkanes) is 1. The van der Waals surface area contributed by atoms with Crippen LogP contribution in [0.3, 0.4) is 0 Å². The number of alkyl halides is 2. The molecule has 0 aromatic heterocycles. The summed E-state index contributed by atoms with van der Waals surface area (Å²) in [6.45, 7) is 0. The van der Waals surface area contributed by atoms with E-state index in [4.69, 9.17) is 27.9 Å². The second-order valence-electron chi connectivity index (χ2n) is 8.86. The van der Waals surface area contributed by atoms with Crippen LogP contribution >= 0.6 is 23.2 Å². The molecular formula is C30H26Cl2O5. The lowest BCUT2D eigenvalue weighted by atomic mass is 9.70. The molecule has 1 aliphatic carbocycles. The number of Topliss-reactive ketones (excluding diaryl/α,β-unsaturated/α-hetero) is 2. The van der Waals surface area contributed by atoms with Crippen LogP contribution in [0.25, 0.3) is 0 Å². The number of halogens is 2. The Labute approximate surface area is 225 Å². The van der Waals surface area contributed by atoms with Gasteiger partial charge >= 0.3 is 11.9 Å². The maximum atomic E-state index is 14.0. The molecule has 0 fully saturated rings. The molecule has 1 atom stereocenters. The second-order valence-corrected chi connectivity index (χ2v) is 9.62. The SMILES string of the molecule is O=C1OC(=O)C2=C1/C(=C\CCCCl)C(C(=O)c1ccccc1)=C(CC(=O)c1ccccc1)C2CCCCl. The molecule has 2 aromatic carbocycles. The van der Waals surface area contributed by atoms with Crippen LogP contribution in [0.4, 0.5) is 0 Å². The van der Waals surface area contributed by atoms with Gasteiger partial charge < -0.3 is 4.74 Å². The second kappa shape index (κ2) is 12.3. The summed E-state index contributed by atoms with van der Waals surface area (Å²) in [5.41, 5.74) is 2.34. The van der Waals surface area contributed by atoms with Gasteiger partial charge in [-0.2, -0.15) is 0 Å². The van der Waals surface area contributed by atoms with Gasteiger partial charge in [0.2, 0.25) is 0 Å². The summed E-state index contributed by atoms with van der Waals surface area (Å²) < 4.78 is 5.05. The summed E-state index contributed by atoms with van der Waals surface area (Å²) in [7, 11) is 0. The van der Waals surface area contributed by atoms with Crippen LogP contribution in [-0.4, -0.2) is 35.3 Å². The summed E-state index contributed by atoms with van der Waals surface area (Å²) in [5, 5.41) is 0. The molecule has 7 heteroatoms. The quantitative estimate of drug-likeness (QED) is 0.109. The van der Waals surface area contributed by atoms with Crippen LogP contribution < -0.4 is 0 Å². The fraction of sp³-hybridized carbons (Fsp3) is 0.267. The number of ketones is 2. The van der Waals surface area contributed by atoms with E-state index in [1.54, 1.807) is 60.7 Å². The zero-order valence-electron chi connectivity index (χ0n) is 20.2. The molecule has 0 spiro atoms. The molecule has 4 rings (SSSR count). The van der Waals surface area contributed by atoms with E-state index in [-0.39, 0.29) is 34.7 Å². The van der Waals surface area contributed by atoms with Crippen LogP contribution in [0.2, 0.25) is 0 Å². The Hall–Kier alpha value is -3.28. The van der Waals surface area contributed by atoms with Gasteiger partial charge in [0, 0.05) is 40.8 Å². The lowest BCUT2D eigenvalue weighted by Crippen LogP contribution is -2.26. The fourth-order valence-electron chi connectivity index (χ4n) is 4.86. The van der Waals surface area contributed by atoms with Crippen LogP contribution in [-0.2, 0) is 14.3 Å². The molecule has 0 bridgehead atoms. The summed E-state index contributed by atoms with van der Waals surface area (Å²) >= 11 is 11.9. The van der Waals surface area contributed by atoms with E-state index >= 15 is 0 Å². The van der Waals surface area contributed by atoms with Crippen LogP contribution in [0.1, 0.15) is 52.8 Å². The summed E-state index contributed by atoms with van der Waals surface area (Å²) in [6.07, 6.45) is 3.68. The number of ether oxygens (including phenoxy) is 1. The minimum absolute atomic E-state index is 0.0873. The molecule has 5 nitrogen and oxygen atoms in total. The van der Waals surface area contributed by atoms with Crippen molar-refractivity contribution in [3.8, 4) is 0 Å². The van der Waals surface area contributed by atoms with Gasteiger partial charge in [0.25, 0.3) is 0 Å². The molecule has 2 aliphatic rings. The fourth-order valence-corrected chi connectivity index (χ4v) is 5.17. The largest absolute Gasteiger partial charge is 0.386 e. The van der Waals surface area contributed by atoms with E-state index in [9.17, 15) is 19.2 Å². The summed E-state index contributed by atoms with van der Waals surface area (Å²) in [4.78, 5) is 53.4. The van der Waals surface area contributed by atoms with Crippen molar-refractivity contribution in [1.29, 1.82) is 0 Å². The maximum absolute atomic E-state index is 14.0. The van der Waals surface area contributed by atoms with Gasteiger partial charge in [-0.05, 0) is 36.8 Å². The average Bonchev–Trinajstić information content (AvgIpc) is 3.22. The van der Waals surface area contributed by atoms with Gasteiger partial charge in [0.1, 0.15) is 0 Å². The molecule has 37 heavy (non-hydrogen) atoms. The first-order valence-electron chi connectivity index (χ1n) is 12.2. The number of hydrogen-bond acceptors (Lipinski definition) is 5. The van der Waals surface area contributed by atoms with Gasteiger partial charge in [0.05, 0.1) is 11.1 Å². The number of hydrogen-bond donors (Lipinski definition) is 0. The van der Waals surface area contributed by atoms with Crippen molar-refractivity contribution in [1.82, 2.24) is 0 Å². The van der Waals surface area contributed by atoms with Crippen molar-refractivity contribution >= 4 is 46.7 Å². The number of cyclic esters (lactones) is 2. The van der Waals surface area contributed by atoms with Crippen LogP contribution in [0.5, 0.6) is 0 Å². The smallest absolute Gasteiger partial charge is 0.347 e. The first-order chi connectivity index (χ1) is 18.0. The average molecular weight is 537 g/mol. The zero-order chi connectivity index (χ0) is 26.4. The van der Waals surface area contributed by atoms with Crippen LogP contribution in [0.15, 0.2) is 94.6 Å². The van der Waals surface area contributed by atoms with Crippen molar-refractivity contribution < 1.29 is 23.9 Å². The Balaban J connectivity index is 1.95. The molecule has 0 amide bonds. The first kappa shape index (κ1) is 26.8. The normalized spacial score (nSPS) is 18.3. The Morgan fingerprint density at radius 2 is 1.46 bits per heavy atom. The third-order valence-corrected chi connectivity index (χ3v) is 7.06. The highest BCUT2D eigenvalue weighted by Gasteiger charge is 2.46. The van der Waals surface area contributed by atoms with Gasteiger partial charge in [-0.3, -0.25) is 9.59 Å². The Morgan fingerprint density at radius 3 is 2.08 bits per heavy atom. The molecule has 1 aliphatic heterocycles. The number of esters is 2. The number of rotatable bonds is 11. The van der Waals surface area contributed by atoms with Gasteiger partial charge in [-0.1, -0.05) is 66.7 Å². The van der Waals surface area contributed by atoms with Crippen LogP contribution in [0, 0.1) is 5.92 Å². The van der Waals surface area contributed by atoms with Crippen molar-refractivity contribution in [2.75, 3.05) is 11.8 Å². The Kier molecular flexibility index (Phi) is 8.91. The minimum Gasteiger partial charge on any atom is -0.386 e.